The second-order valence-corrected chi connectivity index (χ2v) is 11.9. The number of rotatable bonds is 18. The van der Waals surface area contributed by atoms with Gasteiger partial charge in [-0.05, 0) is 116 Å². The first-order chi connectivity index (χ1) is 25.1. The second kappa shape index (κ2) is 19.3. The number of anilines is 1. The molecule has 0 fully saturated rings. The highest BCUT2D eigenvalue weighted by molar-refractivity contribution is 5.98. The van der Waals surface area contributed by atoms with E-state index in [0.29, 0.717) is 36.3 Å². The van der Waals surface area contributed by atoms with Crippen molar-refractivity contribution in [1.29, 1.82) is 0 Å². The molecule has 0 spiro atoms. The number of hydrogen-bond donors (Lipinski definition) is 3. The van der Waals surface area contributed by atoms with Gasteiger partial charge in [-0.25, -0.2) is 8.78 Å². The lowest BCUT2D eigenvalue weighted by Crippen LogP contribution is -2.43. The topological polar surface area (TPSA) is 187 Å². The molecule has 2 amide bonds. The average Bonchev–Trinajstić information content (AvgIpc) is 3.13. The van der Waals surface area contributed by atoms with E-state index in [4.69, 9.17) is 16.0 Å². The maximum Gasteiger partial charge on any atom is 0.251 e. The molecule has 0 saturated heterocycles. The van der Waals surface area contributed by atoms with Crippen molar-refractivity contribution in [3.05, 3.63) is 124 Å². The molecule has 0 aliphatic heterocycles. The van der Waals surface area contributed by atoms with Crippen LogP contribution >= 0.6 is 0 Å². The van der Waals surface area contributed by atoms with Gasteiger partial charge in [0.15, 0.2) is 23.2 Å². The molecule has 270 valence electrons. The Kier molecular flexibility index (Phi) is 14.3. The summed E-state index contributed by atoms with van der Waals surface area (Å²) in [4.78, 5) is 43.3. The Hall–Kier alpha value is -6.18. The number of unbranched alkanes of at least 4 members (excludes halogenated alkanes) is 1. The fraction of sp³-hybridized carbons (Fsp3) is 0.270. The quantitative estimate of drug-likeness (QED) is 0.0422. The summed E-state index contributed by atoms with van der Waals surface area (Å²) in [6, 6.07) is 21.1. The van der Waals surface area contributed by atoms with E-state index in [1.54, 1.807) is 24.3 Å². The lowest BCUT2D eigenvalue weighted by molar-refractivity contribution is -0.123. The number of carbonyl (C=O) groups excluding carboxylic acids is 3. The van der Waals surface area contributed by atoms with Gasteiger partial charge in [0.25, 0.3) is 11.8 Å². The molecule has 0 aliphatic carbocycles. The number of amides is 2. The summed E-state index contributed by atoms with van der Waals surface area (Å²) < 4.78 is 35.2. The van der Waals surface area contributed by atoms with Crippen LogP contribution in [-0.2, 0) is 11.2 Å². The Morgan fingerprint density at radius 1 is 0.865 bits per heavy atom. The Morgan fingerprint density at radius 2 is 1.52 bits per heavy atom. The standard InChI is InChI=1S/C37H39F2N9O4/c1-48(2)30-15-13-28(14-16-30)45-44-27-11-9-25(10-12-27)36(50)42-19-17-24-20-31(38)35(32(39)21-24)52-23-34(49)33(8-3-4-18-40)43-37(51)26-6-5-7-29(22-26)46-47-41/h5-7,9-16,20-22,33H,3-4,8,17-19,23,40H2,1-2H3,(H,42,50)(H,43,51)/b45-44+. The minimum atomic E-state index is -1.03. The maximum absolute atomic E-state index is 15.0. The third-order valence-corrected chi connectivity index (χ3v) is 7.80. The summed E-state index contributed by atoms with van der Waals surface area (Å²) in [6.45, 7) is -0.239. The fourth-order valence-electron chi connectivity index (χ4n) is 4.98. The number of benzene rings is 4. The van der Waals surface area contributed by atoms with Crippen LogP contribution < -0.4 is 26.0 Å². The summed E-state index contributed by atoms with van der Waals surface area (Å²) in [5, 5.41) is 17.2. The van der Waals surface area contributed by atoms with Crippen LogP contribution in [0.1, 0.15) is 45.5 Å². The van der Waals surface area contributed by atoms with Gasteiger partial charge in [0.05, 0.1) is 17.4 Å². The number of nitrogens with zero attached hydrogens (tertiary/aromatic N) is 6. The van der Waals surface area contributed by atoms with Gasteiger partial charge in [-0.2, -0.15) is 10.2 Å². The van der Waals surface area contributed by atoms with Crippen molar-refractivity contribution >= 4 is 40.3 Å². The molecule has 4 N–H and O–H groups in total. The zero-order valence-electron chi connectivity index (χ0n) is 28.8. The number of azide groups is 1. The van der Waals surface area contributed by atoms with Crippen molar-refractivity contribution in [2.75, 3.05) is 38.7 Å². The number of nitrogens with one attached hydrogen (secondary N) is 2. The summed E-state index contributed by atoms with van der Waals surface area (Å²) >= 11 is 0. The molecular weight excluding hydrogens is 672 g/mol. The smallest absolute Gasteiger partial charge is 0.251 e. The van der Waals surface area contributed by atoms with Gasteiger partial charge in [0.2, 0.25) is 0 Å². The summed E-state index contributed by atoms with van der Waals surface area (Å²) in [7, 11) is 3.89. The summed E-state index contributed by atoms with van der Waals surface area (Å²) in [5.41, 5.74) is 17.5. The van der Waals surface area contributed by atoms with Gasteiger partial charge in [-0.3, -0.25) is 14.4 Å². The molecule has 4 aromatic carbocycles. The van der Waals surface area contributed by atoms with Crippen LogP contribution in [0.5, 0.6) is 5.75 Å². The number of hydrogen-bond acceptors (Lipinski definition) is 9. The Balaban J connectivity index is 1.29. The van der Waals surface area contributed by atoms with Crippen molar-refractivity contribution in [1.82, 2.24) is 10.6 Å². The van der Waals surface area contributed by atoms with E-state index in [-0.39, 0.29) is 42.1 Å². The predicted octanol–water partition coefficient (Wildman–Crippen LogP) is 7.24. The Bertz CT molecular complexity index is 1910. The number of nitrogens with two attached hydrogens (primary N) is 1. The van der Waals surface area contributed by atoms with Crippen LogP contribution in [0.2, 0.25) is 0 Å². The van der Waals surface area contributed by atoms with Gasteiger partial charge in [0, 0.05) is 48.1 Å². The molecule has 0 bridgehead atoms. The number of ketones is 1. The van der Waals surface area contributed by atoms with Gasteiger partial charge < -0.3 is 26.0 Å². The Labute approximate surface area is 299 Å². The second-order valence-electron chi connectivity index (χ2n) is 11.9. The highest BCUT2D eigenvalue weighted by atomic mass is 19.1. The van der Waals surface area contributed by atoms with Crippen LogP contribution in [0.3, 0.4) is 0 Å². The molecule has 1 atom stereocenters. The first kappa shape index (κ1) is 38.6. The van der Waals surface area contributed by atoms with E-state index < -0.39 is 41.7 Å². The fourth-order valence-corrected chi connectivity index (χ4v) is 4.98. The molecule has 0 saturated carbocycles. The van der Waals surface area contributed by atoms with Crippen molar-refractivity contribution in [3.8, 4) is 5.75 Å². The number of carbonyl (C=O) groups is 3. The summed E-state index contributed by atoms with van der Waals surface area (Å²) in [6.07, 6.45) is 1.43. The molecule has 0 radical (unpaired) electrons. The minimum Gasteiger partial charge on any atom is -0.480 e. The van der Waals surface area contributed by atoms with Gasteiger partial charge in [-0.15, -0.1) is 0 Å². The first-order valence-electron chi connectivity index (χ1n) is 16.4. The largest absolute Gasteiger partial charge is 0.480 e. The van der Waals surface area contributed by atoms with E-state index in [1.807, 2.05) is 43.3 Å². The van der Waals surface area contributed by atoms with Crippen LogP contribution in [-0.4, -0.2) is 57.4 Å². The van der Waals surface area contributed by atoms with E-state index >= 15 is 0 Å². The molecule has 52 heavy (non-hydrogen) atoms. The lowest BCUT2D eigenvalue weighted by atomic mass is 10.0. The van der Waals surface area contributed by atoms with Crippen LogP contribution in [0.25, 0.3) is 10.4 Å². The predicted molar refractivity (Wildman–Crippen MR) is 194 cm³/mol. The number of halogens is 2. The van der Waals surface area contributed by atoms with Crippen LogP contribution in [0.4, 0.5) is 31.5 Å². The number of azo groups is 1. The molecule has 0 heterocycles. The zero-order valence-corrected chi connectivity index (χ0v) is 28.8. The molecular formula is C37H39F2N9O4. The monoisotopic (exact) mass is 711 g/mol. The molecule has 1 unspecified atom stereocenters. The van der Waals surface area contributed by atoms with Gasteiger partial charge in [0.1, 0.15) is 6.61 Å². The van der Waals surface area contributed by atoms with E-state index in [2.05, 4.69) is 30.9 Å². The highest BCUT2D eigenvalue weighted by Gasteiger charge is 2.23. The van der Waals surface area contributed by atoms with Crippen LogP contribution in [0.15, 0.2) is 100 Å². The molecule has 0 aliphatic rings. The Morgan fingerprint density at radius 3 is 2.13 bits per heavy atom. The lowest BCUT2D eigenvalue weighted by Gasteiger charge is -2.18. The highest BCUT2D eigenvalue weighted by Crippen LogP contribution is 2.25. The normalized spacial score (nSPS) is 11.4. The third kappa shape index (κ3) is 11.4. The molecule has 4 aromatic rings. The van der Waals surface area contributed by atoms with E-state index in [9.17, 15) is 23.2 Å². The molecule has 4 rings (SSSR count). The molecule has 13 nitrogen and oxygen atoms in total. The van der Waals surface area contributed by atoms with Crippen LogP contribution in [0, 0.1) is 11.6 Å². The minimum absolute atomic E-state index is 0.0940. The van der Waals surface area contributed by atoms with Gasteiger partial charge in [-0.1, -0.05) is 17.2 Å². The number of Topliss-reactive ketones (excluding diaryl/α,β-unsaturated/α-hetero) is 1. The zero-order chi connectivity index (χ0) is 37.5. The van der Waals surface area contributed by atoms with Gasteiger partial charge >= 0.3 is 0 Å². The number of ether oxygens (including phenoxy) is 1. The van der Waals surface area contributed by atoms with Crippen molar-refractivity contribution < 1.29 is 27.9 Å². The molecule has 0 aromatic heterocycles. The van der Waals surface area contributed by atoms with Crippen molar-refractivity contribution in [3.63, 3.8) is 0 Å². The average molecular weight is 712 g/mol. The van der Waals surface area contributed by atoms with E-state index in [1.165, 1.54) is 24.3 Å². The van der Waals surface area contributed by atoms with Crippen molar-refractivity contribution in [2.24, 2.45) is 21.1 Å². The third-order valence-electron chi connectivity index (χ3n) is 7.80. The SMILES string of the molecule is CN(C)c1ccc(/N=N/c2ccc(C(=O)NCCc3cc(F)c(OCC(=O)C(CCCCN)NC(=O)c4cccc(N=[N+]=[N-])c4)c(F)c3)cc2)cc1. The van der Waals surface area contributed by atoms with E-state index in [0.717, 1.165) is 17.8 Å². The maximum atomic E-state index is 15.0. The van der Waals surface area contributed by atoms with Crippen molar-refractivity contribution in [2.45, 2.75) is 31.7 Å². The summed E-state index contributed by atoms with van der Waals surface area (Å²) in [5.74, 6) is -4.36. The molecule has 15 heteroatoms. The first-order valence-corrected chi connectivity index (χ1v) is 16.4.